The molecule has 4 nitrogen and oxygen atoms in total. The van der Waals surface area contributed by atoms with Crippen LogP contribution in [0.25, 0.3) is 11.1 Å². The van der Waals surface area contributed by atoms with Gasteiger partial charge in [0.25, 0.3) is 0 Å². The summed E-state index contributed by atoms with van der Waals surface area (Å²) in [6.45, 7) is 6.75. The fourth-order valence-electron chi connectivity index (χ4n) is 2.99. The van der Waals surface area contributed by atoms with Gasteiger partial charge in [0.15, 0.2) is 0 Å². The summed E-state index contributed by atoms with van der Waals surface area (Å²) in [7, 11) is 0. The number of esters is 2. The van der Waals surface area contributed by atoms with Gasteiger partial charge < -0.3 is 9.47 Å². The predicted molar refractivity (Wildman–Crippen MR) is 121 cm³/mol. The van der Waals surface area contributed by atoms with Crippen LogP contribution in [0.3, 0.4) is 0 Å². The number of ether oxygens (including phenoxy) is 2. The van der Waals surface area contributed by atoms with E-state index in [9.17, 15) is 9.59 Å². The van der Waals surface area contributed by atoms with Gasteiger partial charge in [0.2, 0.25) is 0 Å². The van der Waals surface area contributed by atoms with Crippen molar-refractivity contribution in [2.75, 3.05) is 6.61 Å². The Hall–Kier alpha value is -2.62. The Morgan fingerprint density at radius 2 is 1.43 bits per heavy atom. The molecule has 0 aliphatic heterocycles. The number of hydrogen-bond acceptors (Lipinski definition) is 4. The zero-order valence-corrected chi connectivity index (χ0v) is 18.5. The fourth-order valence-corrected chi connectivity index (χ4v) is 2.99. The molecule has 0 aromatic heterocycles. The minimum atomic E-state index is -0.293. The van der Waals surface area contributed by atoms with E-state index in [0.29, 0.717) is 30.3 Å². The van der Waals surface area contributed by atoms with Gasteiger partial charge in [0, 0.05) is 6.42 Å². The minimum absolute atomic E-state index is 0.181. The van der Waals surface area contributed by atoms with Crippen LogP contribution in [0, 0.1) is 5.92 Å². The van der Waals surface area contributed by atoms with Crippen molar-refractivity contribution in [1.82, 2.24) is 0 Å². The number of carbonyl (C=O) groups is 2. The minimum Gasteiger partial charge on any atom is -0.462 e. The van der Waals surface area contributed by atoms with E-state index in [-0.39, 0.29) is 11.9 Å². The van der Waals surface area contributed by atoms with Crippen LogP contribution in [0.5, 0.6) is 5.75 Å². The molecule has 0 N–H and O–H groups in total. The van der Waals surface area contributed by atoms with Gasteiger partial charge in [-0.25, -0.2) is 4.79 Å². The SMILES string of the molecule is CCCCCCCC(=O)Oc1ccc(-c2ccc(C(=O)OCC(C)CC)cc2)cc1. The average Bonchev–Trinajstić information content (AvgIpc) is 2.77. The molecule has 2 aromatic rings. The van der Waals surface area contributed by atoms with Crippen molar-refractivity contribution in [3.8, 4) is 16.9 Å². The largest absolute Gasteiger partial charge is 0.462 e. The molecule has 0 fully saturated rings. The van der Waals surface area contributed by atoms with Crippen LogP contribution in [0.15, 0.2) is 48.5 Å². The average molecular weight is 411 g/mol. The lowest BCUT2D eigenvalue weighted by Crippen LogP contribution is -2.11. The van der Waals surface area contributed by atoms with Crippen molar-refractivity contribution in [3.63, 3.8) is 0 Å². The maximum atomic E-state index is 12.1. The third-order valence-corrected chi connectivity index (χ3v) is 5.22. The maximum Gasteiger partial charge on any atom is 0.338 e. The molecular formula is C26H34O4. The monoisotopic (exact) mass is 410 g/mol. The Morgan fingerprint density at radius 1 is 0.833 bits per heavy atom. The van der Waals surface area contributed by atoms with Gasteiger partial charge in [-0.15, -0.1) is 0 Å². The highest BCUT2D eigenvalue weighted by Gasteiger charge is 2.10. The maximum absolute atomic E-state index is 12.1. The van der Waals surface area contributed by atoms with E-state index in [1.807, 2.05) is 24.3 Å². The second-order valence-corrected chi connectivity index (χ2v) is 7.85. The van der Waals surface area contributed by atoms with E-state index in [2.05, 4.69) is 20.8 Å². The molecule has 0 bridgehead atoms. The summed E-state index contributed by atoms with van der Waals surface area (Å²) in [5.41, 5.74) is 2.53. The lowest BCUT2D eigenvalue weighted by Gasteiger charge is -2.10. The summed E-state index contributed by atoms with van der Waals surface area (Å²) < 4.78 is 10.8. The predicted octanol–water partition coefficient (Wildman–Crippen LogP) is 6.82. The summed E-state index contributed by atoms with van der Waals surface area (Å²) in [6.07, 6.45) is 6.98. The van der Waals surface area contributed by atoms with Gasteiger partial charge in [-0.05, 0) is 47.7 Å². The third-order valence-electron chi connectivity index (χ3n) is 5.22. The van der Waals surface area contributed by atoms with Gasteiger partial charge in [-0.3, -0.25) is 4.79 Å². The first-order chi connectivity index (χ1) is 14.5. The Bertz CT molecular complexity index is 778. The molecule has 0 spiro atoms. The molecular weight excluding hydrogens is 376 g/mol. The summed E-state index contributed by atoms with van der Waals surface area (Å²) in [4.78, 5) is 24.1. The van der Waals surface area contributed by atoms with E-state index in [1.165, 1.54) is 19.3 Å². The quantitative estimate of drug-likeness (QED) is 0.219. The van der Waals surface area contributed by atoms with Gasteiger partial charge in [-0.1, -0.05) is 77.1 Å². The smallest absolute Gasteiger partial charge is 0.338 e. The fraction of sp³-hybridized carbons (Fsp3) is 0.462. The second kappa shape index (κ2) is 12.8. The Morgan fingerprint density at radius 3 is 2.03 bits per heavy atom. The molecule has 2 aromatic carbocycles. The number of benzene rings is 2. The molecule has 0 amide bonds. The zero-order valence-electron chi connectivity index (χ0n) is 18.5. The topological polar surface area (TPSA) is 52.6 Å². The van der Waals surface area contributed by atoms with Crippen LogP contribution >= 0.6 is 0 Å². The Balaban J connectivity index is 1.85. The van der Waals surface area contributed by atoms with Crippen LogP contribution in [-0.2, 0) is 9.53 Å². The van der Waals surface area contributed by atoms with Crippen molar-refractivity contribution in [2.24, 2.45) is 5.92 Å². The van der Waals surface area contributed by atoms with E-state index in [4.69, 9.17) is 9.47 Å². The highest BCUT2D eigenvalue weighted by Crippen LogP contribution is 2.23. The first-order valence-electron chi connectivity index (χ1n) is 11.1. The van der Waals surface area contributed by atoms with Crippen molar-refractivity contribution < 1.29 is 19.1 Å². The van der Waals surface area contributed by atoms with Crippen LogP contribution in [0.1, 0.15) is 76.1 Å². The second-order valence-electron chi connectivity index (χ2n) is 7.85. The van der Waals surface area contributed by atoms with Crippen molar-refractivity contribution in [1.29, 1.82) is 0 Å². The molecule has 0 saturated carbocycles. The molecule has 0 aliphatic carbocycles. The number of hydrogen-bond donors (Lipinski definition) is 0. The zero-order chi connectivity index (χ0) is 21.8. The first kappa shape index (κ1) is 23.7. The lowest BCUT2D eigenvalue weighted by molar-refractivity contribution is -0.134. The van der Waals surface area contributed by atoms with E-state index in [0.717, 1.165) is 30.4 Å². The van der Waals surface area contributed by atoms with E-state index >= 15 is 0 Å². The first-order valence-corrected chi connectivity index (χ1v) is 11.1. The number of carbonyl (C=O) groups excluding carboxylic acids is 2. The van der Waals surface area contributed by atoms with Crippen molar-refractivity contribution in [2.45, 2.75) is 65.7 Å². The number of rotatable bonds is 12. The van der Waals surface area contributed by atoms with Crippen LogP contribution < -0.4 is 4.74 Å². The van der Waals surface area contributed by atoms with E-state index in [1.54, 1.807) is 24.3 Å². The highest BCUT2D eigenvalue weighted by atomic mass is 16.5. The summed E-state index contributed by atoms with van der Waals surface area (Å²) in [5, 5.41) is 0. The molecule has 162 valence electrons. The molecule has 1 atom stereocenters. The van der Waals surface area contributed by atoms with Crippen LogP contribution in [0.4, 0.5) is 0 Å². The van der Waals surface area contributed by atoms with Crippen molar-refractivity contribution >= 4 is 11.9 Å². The summed E-state index contributed by atoms with van der Waals surface area (Å²) in [5.74, 6) is 0.447. The molecule has 0 radical (unpaired) electrons. The standard InChI is InChI=1S/C26H34O4/c1-4-6-7-8-9-10-25(27)30-24-17-15-22(16-18-24)21-11-13-23(14-12-21)26(28)29-19-20(3)5-2/h11-18,20H,4-10,19H2,1-3H3. The van der Waals surface area contributed by atoms with Gasteiger partial charge >= 0.3 is 11.9 Å². The molecule has 2 rings (SSSR count). The molecule has 0 saturated heterocycles. The number of unbranched alkanes of at least 4 members (excludes halogenated alkanes) is 4. The summed E-state index contributed by atoms with van der Waals surface area (Å²) >= 11 is 0. The van der Waals surface area contributed by atoms with Crippen LogP contribution in [0.2, 0.25) is 0 Å². The highest BCUT2D eigenvalue weighted by molar-refractivity contribution is 5.90. The van der Waals surface area contributed by atoms with E-state index < -0.39 is 0 Å². The van der Waals surface area contributed by atoms with Crippen molar-refractivity contribution in [3.05, 3.63) is 54.1 Å². The summed E-state index contributed by atoms with van der Waals surface area (Å²) in [6, 6.07) is 14.8. The third kappa shape index (κ3) is 8.02. The molecule has 4 heteroatoms. The van der Waals surface area contributed by atoms with Crippen LogP contribution in [-0.4, -0.2) is 18.5 Å². The normalized spacial score (nSPS) is 11.7. The lowest BCUT2D eigenvalue weighted by atomic mass is 10.0. The van der Waals surface area contributed by atoms with Gasteiger partial charge in [0.05, 0.1) is 12.2 Å². The van der Waals surface area contributed by atoms with Gasteiger partial charge in [-0.2, -0.15) is 0 Å². The Labute approximate surface area is 180 Å². The molecule has 1 unspecified atom stereocenters. The molecule has 0 aliphatic rings. The van der Waals surface area contributed by atoms with Gasteiger partial charge in [0.1, 0.15) is 5.75 Å². The molecule has 0 heterocycles. The molecule has 30 heavy (non-hydrogen) atoms. The Kier molecular flexibility index (Phi) is 10.1.